The zero-order valence-corrected chi connectivity index (χ0v) is 9.33. The van der Waals surface area contributed by atoms with Crippen LogP contribution in [0.1, 0.15) is 30.3 Å². The number of carbonyl (C=O) groups excluding carboxylic acids is 1. The summed E-state index contributed by atoms with van der Waals surface area (Å²) >= 11 is 1.02. The first-order valence-electron chi connectivity index (χ1n) is 4.94. The van der Waals surface area contributed by atoms with Gasteiger partial charge < -0.3 is 10.0 Å². The van der Waals surface area contributed by atoms with Crippen LogP contribution >= 0.6 is 11.7 Å². The second-order valence-electron chi connectivity index (χ2n) is 3.93. The van der Waals surface area contributed by atoms with E-state index in [0.717, 1.165) is 24.6 Å². The predicted octanol–water partition coefficient (Wildman–Crippen LogP) is 0.525. The molecule has 0 unspecified atom stereocenters. The predicted molar refractivity (Wildman–Crippen MR) is 55.7 cm³/mol. The lowest BCUT2D eigenvalue weighted by Crippen LogP contribution is -2.63. The molecule has 1 aromatic rings. The van der Waals surface area contributed by atoms with Crippen molar-refractivity contribution in [3.8, 4) is 0 Å². The lowest BCUT2D eigenvalue weighted by Gasteiger charge is -2.46. The van der Waals surface area contributed by atoms with Crippen LogP contribution in [0.3, 0.4) is 0 Å². The molecule has 0 aliphatic carbocycles. The molecular formula is C9H13N3O2S. The Hall–Kier alpha value is -1.01. The van der Waals surface area contributed by atoms with E-state index in [-0.39, 0.29) is 5.91 Å². The first kappa shape index (κ1) is 10.5. The lowest BCUT2D eigenvalue weighted by molar-refractivity contribution is -0.0861. The number of hydrogen-bond donors (Lipinski definition) is 1. The van der Waals surface area contributed by atoms with Crippen LogP contribution in [0.2, 0.25) is 0 Å². The zero-order chi connectivity index (χ0) is 10.9. The van der Waals surface area contributed by atoms with Crippen LogP contribution in [0.4, 0.5) is 0 Å². The van der Waals surface area contributed by atoms with Gasteiger partial charge in [-0.15, -0.1) is 0 Å². The Morgan fingerprint density at radius 1 is 1.73 bits per heavy atom. The first-order valence-corrected chi connectivity index (χ1v) is 5.67. The lowest BCUT2D eigenvalue weighted by atomic mass is 9.89. The molecular weight excluding hydrogens is 214 g/mol. The van der Waals surface area contributed by atoms with Gasteiger partial charge in [0.2, 0.25) is 0 Å². The van der Waals surface area contributed by atoms with Crippen molar-refractivity contribution >= 4 is 17.6 Å². The van der Waals surface area contributed by atoms with Gasteiger partial charge in [0, 0.05) is 0 Å². The molecule has 0 bridgehead atoms. The molecule has 1 fully saturated rings. The molecule has 6 heteroatoms. The number of hydrogen-bond acceptors (Lipinski definition) is 5. The summed E-state index contributed by atoms with van der Waals surface area (Å²) in [6, 6.07) is 0. The minimum absolute atomic E-state index is 0.135. The fourth-order valence-electron chi connectivity index (χ4n) is 1.85. The van der Waals surface area contributed by atoms with E-state index in [1.165, 1.54) is 6.20 Å². The van der Waals surface area contributed by atoms with E-state index in [1.54, 1.807) is 4.90 Å². The second-order valence-corrected chi connectivity index (χ2v) is 4.48. The number of β-amino-alcohol motifs (C(OH)–C–C–N with tert-alkyl or cyclic N) is 1. The van der Waals surface area contributed by atoms with Crippen LogP contribution in [0.25, 0.3) is 0 Å². The molecule has 1 saturated heterocycles. The van der Waals surface area contributed by atoms with Gasteiger partial charge in [-0.25, -0.2) is 0 Å². The van der Waals surface area contributed by atoms with Gasteiger partial charge in [-0.3, -0.25) is 4.79 Å². The molecule has 0 radical (unpaired) electrons. The summed E-state index contributed by atoms with van der Waals surface area (Å²) < 4.78 is 7.65. The van der Waals surface area contributed by atoms with Gasteiger partial charge >= 0.3 is 0 Å². The van der Waals surface area contributed by atoms with Gasteiger partial charge in [-0.1, -0.05) is 13.3 Å². The molecule has 0 atom stereocenters. The number of aliphatic hydroxyl groups is 1. The minimum Gasteiger partial charge on any atom is -0.386 e. The summed E-state index contributed by atoms with van der Waals surface area (Å²) in [5, 5.41) is 9.90. The van der Waals surface area contributed by atoms with Gasteiger partial charge in [0.1, 0.15) is 0 Å². The highest BCUT2D eigenvalue weighted by molar-refractivity contribution is 6.99. The normalized spacial score (nSPS) is 18.7. The molecule has 0 aromatic carbocycles. The monoisotopic (exact) mass is 227 g/mol. The Morgan fingerprint density at radius 2 is 2.47 bits per heavy atom. The van der Waals surface area contributed by atoms with Gasteiger partial charge in [-0.2, -0.15) is 8.75 Å². The maximum atomic E-state index is 11.7. The fourth-order valence-corrected chi connectivity index (χ4v) is 2.26. The number of nitrogens with zero attached hydrogens (tertiary/aromatic N) is 3. The standard InChI is InChI=1S/C9H13N3O2S/c1-2-3-9(14)5-12(6-9)8(13)7-4-10-15-11-7/h4,14H,2-3,5-6H2,1H3. The average Bonchev–Trinajstić information content (AvgIpc) is 2.66. The zero-order valence-electron chi connectivity index (χ0n) is 8.51. The van der Waals surface area contributed by atoms with Crippen molar-refractivity contribution in [3.63, 3.8) is 0 Å². The van der Waals surface area contributed by atoms with Gasteiger partial charge in [0.15, 0.2) is 5.69 Å². The third kappa shape index (κ3) is 2.00. The van der Waals surface area contributed by atoms with Crippen molar-refractivity contribution in [1.29, 1.82) is 0 Å². The summed E-state index contributed by atoms with van der Waals surface area (Å²) in [6.07, 6.45) is 3.13. The van der Waals surface area contributed by atoms with Crippen molar-refractivity contribution in [2.45, 2.75) is 25.4 Å². The quantitative estimate of drug-likeness (QED) is 0.817. The third-order valence-corrected chi connectivity index (χ3v) is 3.03. The minimum atomic E-state index is -0.673. The number of likely N-dealkylation sites (tertiary alicyclic amines) is 1. The Labute approximate surface area is 92.1 Å². The average molecular weight is 227 g/mol. The number of aromatic nitrogens is 2. The van der Waals surface area contributed by atoms with Crippen LogP contribution in [-0.2, 0) is 0 Å². The highest BCUT2D eigenvalue weighted by Gasteiger charge is 2.43. The SMILES string of the molecule is CCCC1(O)CN(C(=O)c2cnsn2)C1. The first-order chi connectivity index (χ1) is 7.14. The second kappa shape index (κ2) is 3.86. The van der Waals surface area contributed by atoms with Crippen LogP contribution in [0.5, 0.6) is 0 Å². The Morgan fingerprint density at radius 3 is 3.00 bits per heavy atom. The van der Waals surface area contributed by atoms with E-state index < -0.39 is 5.60 Å². The van der Waals surface area contributed by atoms with E-state index in [9.17, 15) is 9.90 Å². The molecule has 5 nitrogen and oxygen atoms in total. The van der Waals surface area contributed by atoms with Crippen LogP contribution in [0, 0.1) is 0 Å². The van der Waals surface area contributed by atoms with E-state index in [0.29, 0.717) is 18.8 Å². The summed E-state index contributed by atoms with van der Waals surface area (Å²) in [4.78, 5) is 13.3. The van der Waals surface area contributed by atoms with E-state index >= 15 is 0 Å². The number of rotatable bonds is 3. The fraction of sp³-hybridized carbons (Fsp3) is 0.667. The van der Waals surface area contributed by atoms with Gasteiger partial charge in [-0.05, 0) is 6.42 Å². The molecule has 1 N–H and O–H groups in total. The maximum Gasteiger partial charge on any atom is 0.275 e. The molecule has 2 heterocycles. The number of carbonyl (C=O) groups is 1. The largest absolute Gasteiger partial charge is 0.386 e. The van der Waals surface area contributed by atoms with Crippen molar-refractivity contribution < 1.29 is 9.90 Å². The maximum absolute atomic E-state index is 11.7. The van der Waals surface area contributed by atoms with E-state index in [4.69, 9.17) is 0 Å². The molecule has 1 aliphatic heterocycles. The van der Waals surface area contributed by atoms with Gasteiger partial charge in [0.05, 0.1) is 36.6 Å². The third-order valence-electron chi connectivity index (χ3n) is 2.55. The van der Waals surface area contributed by atoms with Crippen LogP contribution in [0.15, 0.2) is 6.20 Å². The molecule has 1 aromatic heterocycles. The Balaban J connectivity index is 1.92. The summed E-state index contributed by atoms with van der Waals surface area (Å²) in [5.41, 5.74) is -0.299. The number of amides is 1. The highest BCUT2D eigenvalue weighted by Crippen LogP contribution is 2.26. The molecule has 2 rings (SSSR count). The molecule has 1 aliphatic rings. The van der Waals surface area contributed by atoms with E-state index in [2.05, 4.69) is 8.75 Å². The smallest absolute Gasteiger partial charge is 0.275 e. The summed E-state index contributed by atoms with van der Waals surface area (Å²) in [6.45, 7) is 2.85. The van der Waals surface area contributed by atoms with E-state index in [1.807, 2.05) is 6.92 Å². The van der Waals surface area contributed by atoms with Crippen molar-refractivity contribution in [2.24, 2.45) is 0 Å². The van der Waals surface area contributed by atoms with Crippen molar-refractivity contribution in [1.82, 2.24) is 13.6 Å². The van der Waals surface area contributed by atoms with Crippen LogP contribution < -0.4 is 0 Å². The topological polar surface area (TPSA) is 66.3 Å². The highest BCUT2D eigenvalue weighted by atomic mass is 32.1. The summed E-state index contributed by atoms with van der Waals surface area (Å²) in [7, 11) is 0. The molecule has 0 spiro atoms. The Bertz CT molecular complexity index is 346. The summed E-state index contributed by atoms with van der Waals surface area (Å²) in [5.74, 6) is -0.135. The molecule has 1 amide bonds. The van der Waals surface area contributed by atoms with Gasteiger partial charge in [0.25, 0.3) is 5.91 Å². The molecule has 82 valence electrons. The van der Waals surface area contributed by atoms with Crippen molar-refractivity contribution in [2.75, 3.05) is 13.1 Å². The molecule has 0 saturated carbocycles. The van der Waals surface area contributed by atoms with Crippen LogP contribution in [-0.4, -0.2) is 43.4 Å². The molecule has 15 heavy (non-hydrogen) atoms. The Kier molecular flexibility index (Phi) is 2.70. The van der Waals surface area contributed by atoms with Crippen molar-refractivity contribution in [3.05, 3.63) is 11.9 Å².